The number of aryl methyl sites for hydroxylation is 1. The Bertz CT molecular complexity index is 811. The van der Waals surface area contributed by atoms with Crippen LogP contribution in [-0.4, -0.2) is 56.3 Å². The fraction of sp³-hybridized carbons (Fsp3) is 0.632. The Labute approximate surface area is 176 Å². The fourth-order valence-electron chi connectivity index (χ4n) is 4.35. The number of likely N-dealkylation sites (tertiary alicyclic amines) is 1. The van der Waals surface area contributed by atoms with Gasteiger partial charge in [-0.3, -0.25) is 4.90 Å². The highest BCUT2D eigenvalue weighted by Crippen LogP contribution is 2.40. The standard InChI is InChI=1S/C17H25N5S.C2HF3O2/c1-21-7-5-19-17(21)20-9-13-3-2-4-14-10-22(11-15(13)14)12-16-18-6-8-23-16;3-2(4,5)1(6)7/h5-8,13-15H,2-4,9-12H2,1H3,(H,19,20);(H,6,7)/t13-,14+,15+;/m0./s1. The van der Waals surface area contributed by atoms with Gasteiger partial charge in [-0.15, -0.1) is 11.3 Å². The van der Waals surface area contributed by atoms with Crippen molar-refractivity contribution in [3.8, 4) is 0 Å². The van der Waals surface area contributed by atoms with Gasteiger partial charge in [0.2, 0.25) is 5.95 Å². The molecule has 30 heavy (non-hydrogen) atoms. The minimum atomic E-state index is -5.08. The summed E-state index contributed by atoms with van der Waals surface area (Å²) in [6.07, 6.45) is 4.82. The van der Waals surface area contributed by atoms with E-state index in [0.29, 0.717) is 0 Å². The van der Waals surface area contributed by atoms with E-state index in [2.05, 4.69) is 30.1 Å². The van der Waals surface area contributed by atoms with E-state index in [1.165, 1.54) is 37.4 Å². The quantitative estimate of drug-likeness (QED) is 0.733. The number of imidazole rings is 1. The molecule has 0 unspecified atom stereocenters. The molecule has 0 aromatic carbocycles. The first kappa shape index (κ1) is 22.5. The Morgan fingerprint density at radius 2 is 2.07 bits per heavy atom. The maximum Gasteiger partial charge on any atom is 0.490 e. The number of aromatic nitrogens is 3. The number of fused-ring (bicyclic) bond motifs is 1. The number of nitrogens with zero attached hydrogens (tertiary/aromatic N) is 4. The molecule has 2 aliphatic rings. The van der Waals surface area contributed by atoms with E-state index < -0.39 is 12.1 Å². The molecular weight excluding hydrogens is 419 g/mol. The number of hydrogen-bond donors (Lipinski definition) is 2. The maximum absolute atomic E-state index is 10.6. The minimum Gasteiger partial charge on any atom is -0.475 e. The van der Waals surface area contributed by atoms with Gasteiger partial charge in [0.15, 0.2) is 0 Å². The second-order valence-corrected chi connectivity index (χ2v) is 8.76. The monoisotopic (exact) mass is 445 g/mol. The normalized spacial score (nSPS) is 24.1. The molecule has 2 aromatic rings. The van der Waals surface area contributed by atoms with Gasteiger partial charge in [-0.25, -0.2) is 14.8 Å². The van der Waals surface area contributed by atoms with Crippen LogP contribution in [0.25, 0.3) is 0 Å². The number of halogens is 3. The van der Waals surface area contributed by atoms with E-state index in [-0.39, 0.29) is 0 Å². The van der Waals surface area contributed by atoms with Crippen LogP contribution in [0.3, 0.4) is 0 Å². The maximum atomic E-state index is 10.6. The first-order valence-electron chi connectivity index (χ1n) is 9.86. The lowest BCUT2D eigenvalue weighted by Gasteiger charge is -2.33. The highest BCUT2D eigenvalue weighted by Gasteiger charge is 2.40. The van der Waals surface area contributed by atoms with Crippen LogP contribution in [0.2, 0.25) is 0 Å². The Balaban J connectivity index is 0.000000318. The van der Waals surface area contributed by atoms with Gasteiger partial charge in [-0.2, -0.15) is 13.2 Å². The minimum absolute atomic E-state index is 0.770. The molecule has 2 fully saturated rings. The van der Waals surface area contributed by atoms with E-state index in [1.54, 1.807) is 11.3 Å². The third-order valence-electron chi connectivity index (χ3n) is 5.75. The molecule has 0 spiro atoms. The summed E-state index contributed by atoms with van der Waals surface area (Å²) < 4.78 is 33.8. The number of thiazole rings is 1. The number of rotatable bonds is 5. The van der Waals surface area contributed by atoms with E-state index in [0.717, 1.165) is 36.8 Å². The number of anilines is 1. The Kier molecular flexibility index (Phi) is 7.35. The van der Waals surface area contributed by atoms with Crippen LogP contribution in [0.4, 0.5) is 19.1 Å². The summed E-state index contributed by atoms with van der Waals surface area (Å²) in [4.78, 5) is 20.3. The second-order valence-electron chi connectivity index (χ2n) is 7.78. The van der Waals surface area contributed by atoms with Crippen LogP contribution in [0, 0.1) is 17.8 Å². The summed E-state index contributed by atoms with van der Waals surface area (Å²) in [5, 5.41) is 14.0. The molecule has 3 heterocycles. The van der Waals surface area contributed by atoms with E-state index in [4.69, 9.17) is 9.90 Å². The highest BCUT2D eigenvalue weighted by atomic mass is 32.1. The van der Waals surface area contributed by atoms with Crippen molar-refractivity contribution in [2.45, 2.75) is 32.0 Å². The van der Waals surface area contributed by atoms with Gasteiger partial charge in [0, 0.05) is 50.7 Å². The summed E-state index contributed by atoms with van der Waals surface area (Å²) in [6.45, 7) is 4.57. The molecule has 2 aromatic heterocycles. The van der Waals surface area contributed by atoms with Gasteiger partial charge in [0.25, 0.3) is 0 Å². The molecule has 0 bridgehead atoms. The average molecular weight is 446 g/mol. The number of alkyl halides is 3. The summed E-state index contributed by atoms with van der Waals surface area (Å²) in [5.41, 5.74) is 0. The van der Waals surface area contributed by atoms with Crippen molar-refractivity contribution in [3.05, 3.63) is 29.0 Å². The molecule has 4 rings (SSSR count). The number of hydrogen-bond acceptors (Lipinski definition) is 6. The lowest BCUT2D eigenvalue weighted by Crippen LogP contribution is -2.32. The van der Waals surface area contributed by atoms with Crippen LogP contribution >= 0.6 is 11.3 Å². The number of aliphatic carboxylic acids is 1. The molecule has 0 radical (unpaired) electrons. The van der Waals surface area contributed by atoms with Gasteiger partial charge in [-0.1, -0.05) is 6.42 Å². The largest absolute Gasteiger partial charge is 0.490 e. The van der Waals surface area contributed by atoms with Crippen molar-refractivity contribution in [1.82, 2.24) is 19.4 Å². The molecule has 1 saturated heterocycles. The molecule has 3 atom stereocenters. The van der Waals surface area contributed by atoms with E-state index in [9.17, 15) is 13.2 Å². The van der Waals surface area contributed by atoms with Crippen LogP contribution in [-0.2, 0) is 18.4 Å². The molecular formula is C19H26F3N5O2S. The van der Waals surface area contributed by atoms with Crippen molar-refractivity contribution in [2.75, 3.05) is 25.0 Å². The van der Waals surface area contributed by atoms with Gasteiger partial charge in [0.1, 0.15) is 5.01 Å². The molecule has 166 valence electrons. The number of carboxylic acid groups (broad SMARTS) is 1. The predicted molar refractivity (Wildman–Crippen MR) is 107 cm³/mol. The average Bonchev–Trinajstić information content (AvgIpc) is 3.41. The highest BCUT2D eigenvalue weighted by molar-refractivity contribution is 7.09. The third kappa shape index (κ3) is 5.94. The summed E-state index contributed by atoms with van der Waals surface area (Å²) in [5.74, 6) is 0.706. The molecule has 7 nitrogen and oxygen atoms in total. The fourth-order valence-corrected chi connectivity index (χ4v) is 5.01. The number of nitrogens with one attached hydrogen (secondary N) is 1. The first-order chi connectivity index (χ1) is 14.2. The SMILES string of the molecule is Cn1ccnc1NC[C@@H]1CCC[C@@H]2CN(Cc3nccs3)C[C@@H]21.O=C(O)C(F)(F)F. The molecule has 2 N–H and O–H groups in total. The van der Waals surface area contributed by atoms with Crippen molar-refractivity contribution in [2.24, 2.45) is 24.8 Å². The zero-order valence-electron chi connectivity index (χ0n) is 16.7. The molecule has 1 saturated carbocycles. The van der Waals surface area contributed by atoms with Crippen LogP contribution in [0.5, 0.6) is 0 Å². The lowest BCUT2D eigenvalue weighted by molar-refractivity contribution is -0.192. The predicted octanol–water partition coefficient (Wildman–Crippen LogP) is 3.47. The van der Waals surface area contributed by atoms with Gasteiger partial charge in [-0.05, 0) is 30.6 Å². The number of carbonyl (C=O) groups is 1. The summed E-state index contributed by atoms with van der Waals surface area (Å²) in [7, 11) is 2.05. The van der Waals surface area contributed by atoms with Crippen LogP contribution in [0.1, 0.15) is 24.3 Å². The lowest BCUT2D eigenvalue weighted by atomic mass is 9.74. The second kappa shape index (κ2) is 9.78. The van der Waals surface area contributed by atoms with Crippen LogP contribution in [0.15, 0.2) is 24.0 Å². The number of carboxylic acids is 1. The van der Waals surface area contributed by atoms with Gasteiger partial charge < -0.3 is 15.0 Å². The Hall–Kier alpha value is -2.14. The molecule has 1 aliphatic heterocycles. The summed E-state index contributed by atoms with van der Waals surface area (Å²) >= 11 is 1.78. The van der Waals surface area contributed by atoms with Crippen LogP contribution < -0.4 is 5.32 Å². The smallest absolute Gasteiger partial charge is 0.475 e. The van der Waals surface area contributed by atoms with Gasteiger partial charge in [0.05, 0.1) is 6.54 Å². The molecule has 11 heteroatoms. The first-order valence-corrected chi connectivity index (χ1v) is 10.7. The van der Waals surface area contributed by atoms with Gasteiger partial charge >= 0.3 is 12.1 Å². The molecule has 1 aliphatic carbocycles. The Morgan fingerprint density at radius 1 is 1.30 bits per heavy atom. The Morgan fingerprint density at radius 3 is 2.67 bits per heavy atom. The zero-order chi connectivity index (χ0) is 21.7. The van der Waals surface area contributed by atoms with Crippen molar-refractivity contribution in [3.63, 3.8) is 0 Å². The van der Waals surface area contributed by atoms with Crippen molar-refractivity contribution >= 4 is 23.3 Å². The van der Waals surface area contributed by atoms with Crippen molar-refractivity contribution in [1.29, 1.82) is 0 Å². The topological polar surface area (TPSA) is 83.3 Å². The van der Waals surface area contributed by atoms with Crippen molar-refractivity contribution < 1.29 is 23.1 Å². The van der Waals surface area contributed by atoms with E-state index in [1.807, 2.05) is 25.6 Å². The molecule has 0 amide bonds. The summed E-state index contributed by atoms with van der Waals surface area (Å²) in [6, 6.07) is 0. The zero-order valence-corrected chi connectivity index (χ0v) is 17.5. The third-order valence-corrected chi connectivity index (χ3v) is 6.52. The van der Waals surface area contributed by atoms with E-state index >= 15 is 0 Å².